The first kappa shape index (κ1) is 22.9. The Hall–Kier alpha value is -3.32. The summed E-state index contributed by atoms with van der Waals surface area (Å²) >= 11 is 0. The molecule has 0 radical (unpaired) electrons. The number of amides is 1. The Labute approximate surface area is 195 Å². The van der Waals surface area contributed by atoms with Crippen LogP contribution in [0, 0.1) is 6.92 Å². The lowest BCUT2D eigenvalue weighted by molar-refractivity contribution is -0.120. The van der Waals surface area contributed by atoms with E-state index in [0.29, 0.717) is 11.4 Å². The molecule has 0 saturated heterocycles. The summed E-state index contributed by atoms with van der Waals surface area (Å²) in [5.74, 6) is 0.0238. The Kier molecular flexibility index (Phi) is 6.70. The van der Waals surface area contributed by atoms with Crippen LogP contribution >= 0.6 is 0 Å². The van der Waals surface area contributed by atoms with Gasteiger partial charge in [-0.3, -0.25) is 9.10 Å². The van der Waals surface area contributed by atoms with Gasteiger partial charge in [-0.15, -0.1) is 0 Å². The molecule has 0 heterocycles. The second kappa shape index (κ2) is 9.67. The van der Waals surface area contributed by atoms with Crippen molar-refractivity contribution < 1.29 is 17.9 Å². The van der Waals surface area contributed by atoms with Gasteiger partial charge in [-0.1, -0.05) is 48.5 Å². The molecule has 1 aliphatic carbocycles. The number of sulfonamides is 1. The number of nitrogens with zero attached hydrogens (tertiary/aromatic N) is 1. The van der Waals surface area contributed by atoms with E-state index in [9.17, 15) is 13.2 Å². The molecular weight excluding hydrogens is 436 g/mol. The third-order valence-electron chi connectivity index (χ3n) is 5.93. The Morgan fingerprint density at radius 3 is 2.55 bits per heavy atom. The molecule has 4 rings (SSSR count). The van der Waals surface area contributed by atoms with Gasteiger partial charge in [0.1, 0.15) is 12.3 Å². The quantitative estimate of drug-likeness (QED) is 0.563. The summed E-state index contributed by atoms with van der Waals surface area (Å²) in [6, 6.07) is 21.4. The van der Waals surface area contributed by atoms with E-state index in [1.165, 1.54) is 24.8 Å². The Balaban J connectivity index is 1.68. The number of hydrogen-bond donors (Lipinski definition) is 1. The highest BCUT2D eigenvalue weighted by atomic mass is 32.2. The second-order valence-corrected chi connectivity index (χ2v) is 10.1. The fourth-order valence-electron chi connectivity index (χ4n) is 4.29. The third-order valence-corrected chi connectivity index (χ3v) is 7.70. The molecule has 1 atom stereocenters. The molecular formula is C26H28N2O4S. The Morgan fingerprint density at radius 2 is 1.79 bits per heavy atom. The summed E-state index contributed by atoms with van der Waals surface area (Å²) in [5, 5.41) is 3.07. The molecule has 0 bridgehead atoms. The lowest BCUT2D eigenvalue weighted by atomic mass is 9.88. The Morgan fingerprint density at radius 1 is 1.06 bits per heavy atom. The van der Waals surface area contributed by atoms with Crippen molar-refractivity contribution in [3.63, 3.8) is 0 Å². The van der Waals surface area contributed by atoms with Crippen LogP contribution in [-0.4, -0.2) is 28.0 Å². The maximum atomic E-state index is 13.6. The van der Waals surface area contributed by atoms with Crippen LogP contribution in [0.3, 0.4) is 0 Å². The molecule has 1 amide bonds. The van der Waals surface area contributed by atoms with Gasteiger partial charge >= 0.3 is 0 Å². The van der Waals surface area contributed by atoms with Gasteiger partial charge in [-0.2, -0.15) is 0 Å². The molecule has 0 aliphatic heterocycles. The summed E-state index contributed by atoms with van der Waals surface area (Å²) in [6.07, 6.45) is 2.78. The monoisotopic (exact) mass is 464 g/mol. The fourth-order valence-corrected chi connectivity index (χ4v) is 5.73. The maximum Gasteiger partial charge on any atom is 0.264 e. The van der Waals surface area contributed by atoms with E-state index in [1.807, 2.05) is 31.2 Å². The molecule has 172 valence electrons. The summed E-state index contributed by atoms with van der Waals surface area (Å²) < 4.78 is 33.8. The number of hydrogen-bond acceptors (Lipinski definition) is 4. The summed E-state index contributed by atoms with van der Waals surface area (Å²) in [5.41, 5.74) is 3.52. The number of nitrogens with one attached hydrogen (secondary N) is 1. The molecule has 1 aliphatic rings. The van der Waals surface area contributed by atoms with Gasteiger partial charge in [0.2, 0.25) is 5.91 Å². The number of fused-ring (bicyclic) bond motifs is 1. The number of carbonyl (C=O) groups excluding carboxylic acids is 1. The van der Waals surface area contributed by atoms with E-state index in [-0.39, 0.29) is 23.4 Å². The molecule has 6 nitrogen and oxygen atoms in total. The number of aryl methyl sites for hydroxylation is 2. The second-order valence-electron chi connectivity index (χ2n) is 8.21. The third kappa shape index (κ3) is 4.88. The van der Waals surface area contributed by atoms with Crippen LogP contribution < -0.4 is 14.4 Å². The molecule has 1 N–H and O–H groups in total. The van der Waals surface area contributed by atoms with Gasteiger partial charge in [0.05, 0.1) is 23.7 Å². The van der Waals surface area contributed by atoms with E-state index in [0.717, 1.165) is 34.7 Å². The molecule has 3 aromatic carbocycles. The molecule has 3 aromatic rings. The average Bonchev–Trinajstić information content (AvgIpc) is 2.83. The van der Waals surface area contributed by atoms with Crippen molar-refractivity contribution in [1.82, 2.24) is 5.32 Å². The van der Waals surface area contributed by atoms with Crippen LogP contribution in [-0.2, 0) is 21.2 Å². The highest BCUT2D eigenvalue weighted by Gasteiger charge is 2.31. The molecule has 0 spiro atoms. The summed E-state index contributed by atoms with van der Waals surface area (Å²) in [6.45, 7) is 1.52. The number of rotatable bonds is 7. The number of ether oxygens (including phenoxy) is 1. The topological polar surface area (TPSA) is 75.7 Å². The van der Waals surface area contributed by atoms with Crippen molar-refractivity contribution in [2.75, 3.05) is 18.0 Å². The number of carbonyl (C=O) groups is 1. The minimum Gasteiger partial charge on any atom is -0.495 e. The standard InChI is InChI=1S/C26H28N2O4S/c1-19-15-16-25(32-2)24(17-19)28(33(30,31)21-11-4-3-5-12-21)18-26(29)27-23-14-8-10-20-9-6-7-13-22(20)23/h3-7,9,11-13,15-17,23H,8,10,14,18H2,1-2H3,(H,27,29)/t23-/m1/s1. The van der Waals surface area contributed by atoms with Crippen molar-refractivity contribution in [2.24, 2.45) is 0 Å². The van der Waals surface area contributed by atoms with Crippen LogP contribution in [0.5, 0.6) is 5.75 Å². The predicted molar refractivity (Wildman–Crippen MR) is 129 cm³/mol. The minimum absolute atomic E-state index is 0.115. The highest BCUT2D eigenvalue weighted by molar-refractivity contribution is 7.92. The van der Waals surface area contributed by atoms with Crippen LogP contribution in [0.2, 0.25) is 0 Å². The van der Waals surface area contributed by atoms with E-state index in [1.54, 1.807) is 30.3 Å². The number of methoxy groups -OCH3 is 1. The zero-order valence-electron chi connectivity index (χ0n) is 18.8. The molecule has 0 saturated carbocycles. The highest BCUT2D eigenvalue weighted by Crippen LogP contribution is 2.34. The van der Waals surface area contributed by atoms with Crippen molar-refractivity contribution >= 4 is 21.6 Å². The van der Waals surface area contributed by atoms with Gasteiger partial charge in [-0.25, -0.2) is 8.42 Å². The van der Waals surface area contributed by atoms with Crippen molar-refractivity contribution in [2.45, 2.75) is 37.1 Å². The van der Waals surface area contributed by atoms with Gasteiger partial charge in [0.15, 0.2) is 0 Å². The molecule has 7 heteroatoms. The first-order valence-electron chi connectivity index (χ1n) is 11.0. The molecule has 0 unspecified atom stereocenters. The largest absolute Gasteiger partial charge is 0.495 e. The summed E-state index contributed by atoms with van der Waals surface area (Å²) in [4.78, 5) is 13.3. The minimum atomic E-state index is -4.01. The zero-order valence-corrected chi connectivity index (χ0v) is 19.6. The van der Waals surface area contributed by atoms with Crippen LogP contribution in [0.25, 0.3) is 0 Å². The Bertz CT molecular complexity index is 1240. The zero-order chi connectivity index (χ0) is 23.4. The summed E-state index contributed by atoms with van der Waals surface area (Å²) in [7, 11) is -2.52. The van der Waals surface area contributed by atoms with Crippen molar-refractivity contribution in [1.29, 1.82) is 0 Å². The predicted octanol–water partition coefficient (Wildman–Crippen LogP) is 4.39. The van der Waals surface area contributed by atoms with E-state index in [4.69, 9.17) is 4.74 Å². The van der Waals surface area contributed by atoms with E-state index < -0.39 is 10.0 Å². The first-order valence-corrected chi connectivity index (χ1v) is 12.4. The molecule has 33 heavy (non-hydrogen) atoms. The van der Waals surface area contributed by atoms with Gasteiger partial charge < -0.3 is 10.1 Å². The lowest BCUT2D eigenvalue weighted by Gasteiger charge is -2.29. The average molecular weight is 465 g/mol. The maximum absolute atomic E-state index is 13.6. The molecule has 0 aromatic heterocycles. The van der Waals surface area contributed by atoms with E-state index >= 15 is 0 Å². The molecule has 0 fully saturated rings. The SMILES string of the molecule is COc1ccc(C)cc1N(CC(=O)N[C@@H]1CCCc2ccccc21)S(=O)(=O)c1ccccc1. The number of anilines is 1. The smallest absolute Gasteiger partial charge is 0.264 e. The lowest BCUT2D eigenvalue weighted by Crippen LogP contribution is -2.42. The van der Waals surface area contributed by atoms with Crippen LogP contribution in [0.4, 0.5) is 5.69 Å². The number of benzene rings is 3. The van der Waals surface area contributed by atoms with Gasteiger partial charge in [0.25, 0.3) is 10.0 Å². The van der Waals surface area contributed by atoms with Crippen molar-refractivity contribution in [3.8, 4) is 5.75 Å². The van der Waals surface area contributed by atoms with Crippen LogP contribution in [0.1, 0.15) is 35.6 Å². The van der Waals surface area contributed by atoms with Gasteiger partial charge in [0, 0.05) is 0 Å². The van der Waals surface area contributed by atoms with Crippen LogP contribution in [0.15, 0.2) is 77.7 Å². The van der Waals surface area contributed by atoms with Gasteiger partial charge in [-0.05, 0) is 67.1 Å². The van der Waals surface area contributed by atoms with Crippen molar-refractivity contribution in [3.05, 3.63) is 89.5 Å². The first-order chi connectivity index (χ1) is 15.9. The fraction of sp³-hybridized carbons (Fsp3) is 0.269. The van der Waals surface area contributed by atoms with E-state index in [2.05, 4.69) is 11.4 Å². The normalized spacial score (nSPS) is 15.4.